The zero-order valence-electron chi connectivity index (χ0n) is 18.7. The highest BCUT2D eigenvalue weighted by Gasteiger charge is 2.29. The van der Waals surface area contributed by atoms with E-state index in [1.54, 1.807) is 31.2 Å². The molecule has 0 saturated heterocycles. The van der Waals surface area contributed by atoms with E-state index in [2.05, 4.69) is 20.8 Å². The van der Waals surface area contributed by atoms with Gasteiger partial charge in [0.25, 0.3) is 0 Å². The third-order valence-corrected chi connectivity index (χ3v) is 6.39. The average molecular weight is 460 g/mol. The summed E-state index contributed by atoms with van der Waals surface area (Å²) in [6.45, 7) is 1.79. The summed E-state index contributed by atoms with van der Waals surface area (Å²) in [5.74, 6) is -1.08. The molecule has 1 aliphatic carbocycles. The third-order valence-electron chi connectivity index (χ3n) is 6.39. The highest BCUT2D eigenvalue weighted by molar-refractivity contribution is 6.00. The number of aromatic nitrogens is 2. The second kappa shape index (κ2) is 10.2. The predicted molar refractivity (Wildman–Crippen MR) is 125 cm³/mol. The van der Waals surface area contributed by atoms with Crippen LogP contribution in [0, 0.1) is 23.2 Å². The molecule has 1 atom stereocenters. The molecule has 34 heavy (non-hydrogen) atoms. The Morgan fingerprint density at radius 1 is 1.03 bits per heavy atom. The second-order valence-electron chi connectivity index (χ2n) is 8.54. The van der Waals surface area contributed by atoms with Crippen LogP contribution in [0.4, 0.5) is 17.4 Å². The van der Waals surface area contributed by atoms with Gasteiger partial charge in [0.2, 0.25) is 0 Å². The Hall–Kier alpha value is -4.19. The Kier molecular flexibility index (Phi) is 6.87. The molecule has 3 N–H and O–H groups in total. The van der Waals surface area contributed by atoms with Crippen LogP contribution in [-0.2, 0) is 4.79 Å². The molecule has 9 nitrogen and oxygen atoms in total. The molecule has 4 rings (SSSR count). The predicted octanol–water partition coefficient (Wildman–Crippen LogP) is 4.93. The standard InChI is InChI=1S/C25H25N5O4/c1-15(24(32)33)17-4-6-18(7-5-17)19-8-12-20(13-9-19)27-22(31)23-29-30-25(34-23)28-21-10-2-16(14-26)3-11-21/h2-3,8-13,15,17-18H,4-7H2,1H3,(H,27,31)(H,28,30)(H,32,33)/t15?,17-,18-. The fourth-order valence-electron chi connectivity index (χ4n) is 4.29. The molecular formula is C25H25N5O4. The maximum Gasteiger partial charge on any atom is 0.320 e. The molecule has 1 heterocycles. The maximum absolute atomic E-state index is 12.5. The van der Waals surface area contributed by atoms with Crippen molar-refractivity contribution >= 4 is 29.3 Å². The van der Waals surface area contributed by atoms with Gasteiger partial charge in [-0.15, -0.1) is 5.10 Å². The molecule has 0 radical (unpaired) electrons. The summed E-state index contributed by atoms with van der Waals surface area (Å²) >= 11 is 0. The first-order valence-electron chi connectivity index (χ1n) is 11.2. The molecule has 2 aromatic carbocycles. The van der Waals surface area contributed by atoms with Crippen molar-refractivity contribution < 1.29 is 19.1 Å². The largest absolute Gasteiger partial charge is 0.481 e. The highest BCUT2D eigenvalue weighted by atomic mass is 16.4. The minimum Gasteiger partial charge on any atom is -0.481 e. The molecule has 1 aromatic heterocycles. The van der Waals surface area contributed by atoms with Crippen molar-refractivity contribution in [1.29, 1.82) is 5.26 Å². The molecule has 1 unspecified atom stereocenters. The molecule has 0 aliphatic heterocycles. The summed E-state index contributed by atoms with van der Waals surface area (Å²) in [4.78, 5) is 23.7. The molecule has 0 bridgehead atoms. The minimum atomic E-state index is -0.720. The van der Waals surface area contributed by atoms with Crippen LogP contribution in [-0.4, -0.2) is 27.2 Å². The zero-order valence-corrected chi connectivity index (χ0v) is 18.7. The summed E-state index contributed by atoms with van der Waals surface area (Å²) < 4.78 is 5.39. The molecule has 174 valence electrons. The van der Waals surface area contributed by atoms with E-state index >= 15 is 0 Å². The summed E-state index contributed by atoms with van der Waals surface area (Å²) in [7, 11) is 0. The Labute approximate surface area is 196 Å². The number of aliphatic carboxylic acids is 1. The smallest absolute Gasteiger partial charge is 0.320 e. The van der Waals surface area contributed by atoms with Crippen LogP contribution < -0.4 is 10.6 Å². The van der Waals surface area contributed by atoms with Crippen molar-refractivity contribution in [1.82, 2.24) is 10.2 Å². The molecule has 9 heteroatoms. The Bertz CT molecular complexity index is 1190. The molecule has 3 aromatic rings. The number of nitriles is 1. The number of rotatable bonds is 7. The van der Waals surface area contributed by atoms with Gasteiger partial charge in [-0.05, 0) is 79.5 Å². The zero-order chi connectivity index (χ0) is 24.1. The van der Waals surface area contributed by atoms with Crippen LogP contribution in [0.15, 0.2) is 52.9 Å². The number of benzene rings is 2. The highest BCUT2D eigenvalue weighted by Crippen LogP contribution is 2.39. The van der Waals surface area contributed by atoms with Gasteiger partial charge in [0, 0.05) is 11.4 Å². The fourth-order valence-corrected chi connectivity index (χ4v) is 4.29. The van der Waals surface area contributed by atoms with E-state index in [4.69, 9.17) is 9.68 Å². The minimum absolute atomic E-state index is 0.0676. The van der Waals surface area contributed by atoms with E-state index in [1.165, 1.54) is 5.56 Å². The third kappa shape index (κ3) is 5.41. The normalized spacial score (nSPS) is 18.5. The number of nitrogens with zero attached hydrogens (tertiary/aromatic N) is 3. The summed E-state index contributed by atoms with van der Waals surface area (Å²) in [6, 6.07) is 16.5. The van der Waals surface area contributed by atoms with E-state index in [1.807, 2.05) is 30.3 Å². The van der Waals surface area contributed by atoms with Crippen LogP contribution in [0.5, 0.6) is 0 Å². The van der Waals surface area contributed by atoms with Gasteiger partial charge < -0.3 is 20.2 Å². The van der Waals surface area contributed by atoms with E-state index in [-0.39, 0.29) is 23.7 Å². The number of anilines is 3. The Balaban J connectivity index is 1.31. The molecule has 1 saturated carbocycles. The Morgan fingerprint density at radius 2 is 1.68 bits per heavy atom. The number of hydrogen-bond donors (Lipinski definition) is 3. The topological polar surface area (TPSA) is 141 Å². The summed E-state index contributed by atoms with van der Waals surface area (Å²) in [6.07, 6.45) is 3.75. The van der Waals surface area contributed by atoms with E-state index in [0.717, 1.165) is 25.7 Å². The first-order chi connectivity index (χ1) is 16.4. The number of carboxylic acid groups (broad SMARTS) is 1. The fraction of sp³-hybridized carbons (Fsp3) is 0.320. The number of carboxylic acids is 1. The second-order valence-corrected chi connectivity index (χ2v) is 8.54. The molecule has 0 spiro atoms. The van der Waals surface area contributed by atoms with Crippen molar-refractivity contribution in [3.8, 4) is 6.07 Å². The van der Waals surface area contributed by atoms with Crippen LogP contribution >= 0.6 is 0 Å². The van der Waals surface area contributed by atoms with Gasteiger partial charge in [-0.1, -0.05) is 24.2 Å². The van der Waals surface area contributed by atoms with Gasteiger partial charge in [-0.25, -0.2) is 0 Å². The number of nitrogens with one attached hydrogen (secondary N) is 2. The molecule has 1 aliphatic rings. The first kappa shape index (κ1) is 23.0. The van der Waals surface area contributed by atoms with Crippen molar-refractivity contribution in [2.45, 2.75) is 38.5 Å². The van der Waals surface area contributed by atoms with Gasteiger partial charge in [0.1, 0.15) is 0 Å². The van der Waals surface area contributed by atoms with Gasteiger partial charge in [0.05, 0.1) is 17.6 Å². The van der Waals surface area contributed by atoms with Crippen molar-refractivity contribution in [3.63, 3.8) is 0 Å². The van der Waals surface area contributed by atoms with E-state index in [9.17, 15) is 14.7 Å². The number of amides is 1. The lowest BCUT2D eigenvalue weighted by Gasteiger charge is -2.31. The van der Waals surface area contributed by atoms with Gasteiger partial charge in [-0.2, -0.15) is 5.26 Å². The van der Waals surface area contributed by atoms with Crippen molar-refractivity contribution in [2.75, 3.05) is 10.6 Å². The summed E-state index contributed by atoms with van der Waals surface area (Å²) in [5.41, 5.74) is 2.98. The SMILES string of the molecule is CC(C(=O)O)[C@H]1CC[C@H](c2ccc(NC(=O)c3nnc(Nc4ccc(C#N)cc4)o3)cc2)CC1. The maximum atomic E-state index is 12.5. The van der Waals surface area contributed by atoms with Crippen LogP contribution in [0.25, 0.3) is 0 Å². The quantitative estimate of drug-likeness (QED) is 0.451. The van der Waals surface area contributed by atoms with Gasteiger partial charge >= 0.3 is 23.8 Å². The van der Waals surface area contributed by atoms with Crippen LogP contribution in [0.2, 0.25) is 0 Å². The summed E-state index contributed by atoms with van der Waals surface area (Å²) in [5, 5.41) is 31.3. The molecule has 1 fully saturated rings. The number of hydrogen-bond acceptors (Lipinski definition) is 7. The lowest BCUT2D eigenvalue weighted by molar-refractivity contribution is -0.143. The van der Waals surface area contributed by atoms with Gasteiger partial charge in [0.15, 0.2) is 0 Å². The van der Waals surface area contributed by atoms with Gasteiger partial charge in [-0.3, -0.25) is 9.59 Å². The average Bonchev–Trinajstić information content (AvgIpc) is 3.33. The van der Waals surface area contributed by atoms with E-state index in [0.29, 0.717) is 22.9 Å². The Morgan fingerprint density at radius 3 is 2.29 bits per heavy atom. The lowest BCUT2D eigenvalue weighted by Crippen LogP contribution is -2.24. The van der Waals surface area contributed by atoms with E-state index < -0.39 is 11.9 Å². The van der Waals surface area contributed by atoms with Crippen LogP contribution in [0.1, 0.15) is 60.3 Å². The molecule has 1 amide bonds. The lowest BCUT2D eigenvalue weighted by atomic mass is 9.74. The van der Waals surface area contributed by atoms with Crippen molar-refractivity contribution in [2.24, 2.45) is 11.8 Å². The van der Waals surface area contributed by atoms with Crippen LogP contribution in [0.3, 0.4) is 0 Å². The van der Waals surface area contributed by atoms with Crippen molar-refractivity contribution in [3.05, 3.63) is 65.5 Å². The molecular weight excluding hydrogens is 434 g/mol. The number of carbonyl (C=O) groups is 2. The monoisotopic (exact) mass is 459 g/mol. The first-order valence-corrected chi connectivity index (χ1v) is 11.2. The number of carbonyl (C=O) groups excluding carboxylic acids is 1.